The van der Waals surface area contributed by atoms with E-state index in [1.165, 1.54) is 38.5 Å². The summed E-state index contributed by atoms with van der Waals surface area (Å²) in [6.45, 7) is 4.50. The summed E-state index contributed by atoms with van der Waals surface area (Å²) < 4.78 is 5.67. The SMILES string of the molecule is CCCC(CCC)SCc1nnc(C2CC2)o1. The lowest BCUT2D eigenvalue weighted by Crippen LogP contribution is -2.02. The van der Waals surface area contributed by atoms with E-state index < -0.39 is 0 Å². The van der Waals surface area contributed by atoms with E-state index in [2.05, 4.69) is 24.0 Å². The second kappa shape index (κ2) is 6.43. The molecule has 1 aliphatic carbocycles. The van der Waals surface area contributed by atoms with Crippen molar-refractivity contribution in [2.45, 2.75) is 69.3 Å². The first-order valence-corrected chi connectivity index (χ1v) is 7.82. The van der Waals surface area contributed by atoms with Crippen LogP contribution in [0.3, 0.4) is 0 Å². The average Bonchev–Trinajstić information content (AvgIpc) is 3.07. The molecule has 17 heavy (non-hydrogen) atoms. The van der Waals surface area contributed by atoms with Crippen molar-refractivity contribution >= 4 is 11.8 Å². The molecular formula is C13H22N2OS. The molecule has 1 saturated carbocycles. The van der Waals surface area contributed by atoms with Crippen molar-refractivity contribution in [3.63, 3.8) is 0 Å². The lowest BCUT2D eigenvalue weighted by atomic mass is 10.2. The quantitative estimate of drug-likeness (QED) is 0.698. The van der Waals surface area contributed by atoms with Crippen LogP contribution in [0.1, 0.15) is 70.1 Å². The van der Waals surface area contributed by atoms with E-state index >= 15 is 0 Å². The topological polar surface area (TPSA) is 38.9 Å². The van der Waals surface area contributed by atoms with Gasteiger partial charge in [0.15, 0.2) is 0 Å². The molecule has 0 N–H and O–H groups in total. The van der Waals surface area contributed by atoms with Crippen molar-refractivity contribution in [1.29, 1.82) is 0 Å². The van der Waals surface area contributed by atoms with Crippen molar-refractivity contribution in [1.82, 2.24) is 10.2 Å². The summed E-state index contributed by atoms with van der Waals surface area (Å²) in [7, 11) is 0. The molecule has 0 unspecified atom stereocenters. The van der Waals surface area contributed by atoms with Gasteiger partial charge < -0.3 is 4.42 Å². The molecule has 1 fully saturated rings. The Kier molecular flexibility index (Phi) is 4.89. The van der Waals surface area contributed by atoms with Crippen molar-refractivity contribution in [2.24, 2.45) is 0 Å². The van der Waals surface area contributed by atoms with E-state index in [1.54, 1.807) is 0 Å². The third-order valence-corrected chi connectivity index (χ3v) is 4.43. The number of rotatable bonds is 8. The molecule has 4 heteroatoms. The van der Waals surface area contributed by atoms with Crippen LogP contribution in [0, 0.1) is 0 Å². The minimum absolute atomic E-state index is 0.573. The maximum atomic E-state index is 5.67. The van der Waals surface area contributed by atoms with Crippen LogP contribution in [0.15, 0.2) is 4.42 Å². The first kappa shape index (κ1) is 12.9. The molecule has 96 valence electrons. The maximum absolute atomic E-state index is 5.67. The van der Waals surface area contributed by atoms with Gasteiger partial charge in [-0.05, 0) is 25.7 Å². The third kappa shape index (κ3) is 4.02. The van der Waals surface area contributed by atoms with Gasteiger partial charge in [-0.1, -0.05) is 26.7 Å². The molecule has 1 aliphatic rings. The predicted molar refractivity (Wildman–Crippen MR) is 71.2 cm³/mol. The Morgan fingerprint density at radius 1 is 1.24 bits per heavy atom. The lowest BCUT2D eigenvalue weighted by molar-refractivity contribution is 0.466. The molecule has 1 heterocycles. The predicted octanol–water partition coefficient (Wildman–Crippen LogP) is 4.15. The fourth-order valence-electron chi connectivity index (χ4n) is 1.96. The van der Waals surface area contributed by atoms with Gasteiger partial charge in [-0.25, -0.2) is 0 Å². The molecule has 0 aromatic carbocycles. The van der Waals surface area contributed by atoms with E-state index in [0.29, 0.717) is 5.92 Å². The zero-order valence-electron chi connectivity index (χ0n) is 10.8. The lowest BCUT2D eigenvalue weighted by Gasteiger charge is -2.12. The second-order valence-electron chi connectivity index (χ2n) is 4.82. The van der Waals surface area contributed by atoms with Gasteiger partial charge in [0.1, 0.15) is 0 Å². The molecule has 0 spiro atoms. The number of hydrogen-bond donors (Lipinski definition) is 0. The first-order chi connectivity index (χ1) is 8.33. The Morgan fingerprint density at radius 2 is 1.94 bits per heavy atom. The second-order valence-corrected chi connectivity index (χ2v) is 6.11. The first-order valence-electron chi connectivity index (χ1n) is 6.77. The molecule has 0 radical (unpaired) electrons. The van der Waals surface area contributed by atoms with Gasteiger partial charge >= 0.3 is 0 Å². The van der Waals surface area contributed by atoms with E-state index in [1.807, 2.05) is 11.8 Å². The van der Waals surface area contributed by atoms with Crippen LogP contribution in [0.2, 0.25) is 0 Å². The average molecular weight is 254 g/mol. The molecule has 0 atom stereocenters. The summed E-state index contributed by atoms with van der Waals surface area (Å²) >= 11 is 1.97. The van der Waals surface area contributed by atoms with Crippen molar-refractivity contribution < 1.29 is 4.42 Å². The molecule has 0 amide bonds. The summed E-state index contributed by atoms with van der Waals surface area (Å²) in [4.78, 5) is 0. The van der Waals surface area contributed by atoms with E-state index in [-0.39, 0.29) is 0 Å². The van der Waals surface area contributed by atoms with Crippen molar-refractivity contribution in [3.05, 3.63) is 11.8 Å². The highest BCUT2D eigenvalue weighted by Gasteiger charge is 2.29. The highest BCUT2D eigenvalue weighted by atomic mass is 32.2. The van der Waals surface area contributed by atoms with Crippen LogP contribution in [0.5, 0.6) is 0 Å². The van der Waals surface area contributed by atoms with Gasteiger partial charge in [0.25, 0.3) is 0 Å². The minimum Gasteiger partial charge on any atom is -0.424 e. The number of nitrogens with zero attached hydrogens (tertiary/aromatic N) is 2. The number of thioether (sulfide) groups is 1. The number of hydrogen-bond acceptors (Lipinski definition) is 4. The smallest absolute Gasteiger partial charge is 0.226 e. The molecule has 2 rings (SSSR count). The highest BCUT2D eigenvalue weighted by Crippen LogP contribution is 2.39. The molecule has 0 aliphatic heterocycles. The fraction of sp³-hybridized carbons (Fsp3) is 0.846. The van der Waals surface area contributed by atoms with Crippen LogP contribution in [-0.4, -0.2) is 15.4 Å². The minimum atomic E-state index is 0.573. The van der Waals surface area contributed by atoms with Gasteiger partial charge in [0, 0.05) is 11.2 Å². The van der Waals surface area contributed by atoms with E-state index in [4.69, 9.17) is 4.42 Å². The summed E-state index contributed by atoms with van der Waals surface area (Å²) in [5.41, 5.74) is 0. The Bertz CT molecular complexity index is 330. The van der Waals surface area contributed by atoms with Gasteiger partial charge in [-0.3, -0.25) is 0 Å². The zero-order chi connectivity index (χ0) is 12.1. The monoisotopic (exact) mass is 254 g/mol. The van der Waals surface area contributed by atoms with Crippen molar-refractivity contribution in [2.75, 3.05) is 0 Å². The number of aromatic nitrogens is 2. The van der Waals surface area contributed by atoms with Gasteiger partial charge in [0.2, 0.25) is 11.8 Å². The molecular weight excluding hydrogens is 232 g/mol. The van der Waals surface area contributed by atoms with Crippen LogP contribution in [0.25, 0.3) is 0 Å². The van der Waals surface area contributed by atoms with Crippen LogP contribution in [0.4, 0.5) is 0 Å². The van der Waals surface area contributed by atoms with E-state index in [0.717, 1.165) is 22.8 Å². The molecule has 3 nitrogen and oxygen atoms in total. The molecule has 0 saturated heterocycles. The third-order valence-electron chi connectivity index (χ3n) is 3.07. The fourth-order valence-corrected chi connectivity index (χ4v) is 3.26. The summed E-state index contributed by atoms with van der Waals surface area (Å²) in [5.74, 6) is 3.13. The normalized spacial score (nSPS) is 15.7. The van der Waals surface area contributed by atoms with Crippen molar-refractivity contribution in [3.8, 4) is 0 Å². The zero-order valence-corrected chi connectivity index (χ0v) is 11.6. The summed E-state index contributed by atoms with van der Waals surface area (Å²) in [6.07, 6.45) is 7.56. The van der Waals surface area contributed by atoms with Gasteiger partial charge in [-0.2, -0.15) is 0 Å². The standard InChI is InChI=1S/C13H22N2OS/c1-3-5-11(6-4-2)17-9-12-14-15-13(16-12)10-7-8-10/h10-11H,3-9H2,1-2H3. The van der Waals surface area contributed by atoms with Crippen LogP contribution < -0.4 is 0 Å². The van der Waals surface area contributed by atoms with E-state index in [9.17, 15) is 0 Å². The Morgan fingerprint density at radius 3 is 2.53 bits per heavy atom. The van der Waals surface area contributed by atoms with Gasteiger partial charge in [-0.15, -0.1) is 22.0 Å². The largest absolute Gasteiger partial charge is 0.424 e. The molecule has 0 bridgehead atoms. The summed E-state index contributed by atoms with van der Waals surface area (Å²) in [5, 5.41) is 9.00. The van der Waals surface area contributed by atoms with Gasteiger partial charge in [0.05, 0.1) is 5.75 Å². The molecule has 1 aromatic heterocycles. The summed E-state index contributed by atoms with van der Waals surface area (Å²) in [6, 6.07) is 0. The Hall–Kier alpha value is -0.510. The Balaban J connectivity index is 1.78. The van der Waals surface area contributed by atoms with Crippen LogP contribution in [-0.2, 0) is 5.75 Å². The highest BCUT2D eigenvalue weighted by molar-refractivity contribution is 7.99. The maximum Gasteiger partial charge on any atom is 0.226 e. The van der Waals surface area contributed by atoms with Crippen LogP contribution >= 0.6 is 11.8 Å². The molecule has 1 aromatic rings. The Labute approximate surface area is 108 Å².